The molecule has 0 aromatic heterocycles. The van der Waals surface area contributed by atoms with Gasteiger partial charge in [0.25, 0.3) is 5.91 Å². The molecule has 0 bridgehead atoms. The number of rotatable bonds is 6. The van der Waals surface area contributed by atoms with Crippen molar-refractivity contribution in [3.63, 3.8) is 0 Å². The summed E-state index contributed by atoms with van der Waals surface area (Å²) in [5.74, 6) is 0.390. The number of Topliss-reactive ketones (excluding diaryl/α,β-unsaturated/α-hetero) is 1. The summed E-state index contributed by atoms with van der Waals surface area (Å²) >= 11 is 0. The number of hydrogen-bond acceptors (Lipinski definition) is 3. The third kappa shape index (κ3) is 3.74. The number of anilines is 1. The molecule has 32 heavy (non-hydrogen) atoms. The number of fused-ring (bicyclic) bond motifs is 2. The van der Waals surface area contributed by atoms with Gasteiger partial charge in [-0.1, -0.05) is 42.8 Å². The molecular formula is C27H30N2O3. The van der Waals surface area contributed by atoms with E-state index in [-0.39, 0.29) is 48.1 Å². The first-order chi connectivity index (χ1) is 15.6. The molecule has 166 valence electrons. The maximum absolute atomic E-state index is 13.6. The summed E-state index contributed by atoms with van der Waals surface area (Å²) < 4.78 is 0. The highest BCUT2D eigenvalue weighted by Gasteiger charge is 2.51. The van der Waals surface area contributed by atoms with Gasteiger partial charge < -0.3 is 14.6 Å². The molecular weight excluding hydrogens is 400 g/mol. The van der Waals surface area contributed by atoms with Crippen molar-refractivity contribution in [1.82, 2.24) is 4.90 Å². The van der Waals surface area contributed by atoms with E-state index >= 15 is 0 Å². The van der Waals surface area contributed by atoms with Crippen LogP contribution in [0.2, 0.25) is 0 Å². The van der Waals surface area contributed by atoms with Crippen LogP contribution in [0.5, 0.6) is 0 Å². The molecule has 2 aromatic carbocycles. The van der Waals surface area contributed by atoms with E-state index in [1.54, 1.807) is 6.92 Å². The van der Waals surface area contributed by atoms with E-state index in [4.69, 9.17) is 0 Å². The first-order valence-electron chi connectivity index (χ1n) is 11.8. The van der Waals surface area contributed by atoms with Gasteiger partial charge in [-0.3, -0.25) is 9.59 Å². The van der Waals surface area contributed by atoms with Gasteiger partial charge >= 0.3 is 0 Å². The van der Waals surface area contributed by atoms with E-state index < -0.39 is 0 Å². The van der Waals surface area contributed by atoms with E-state index in [2.05, 4.69) is 11.0 Å². The molecule has 2 aromatic rings. The molecule has 3 aliphatic rings. The Hall–Kier alpha value is -2.95. The second kappa shape index (κ2) is 8.53. The Morgan fingerprint density at radius 3 is 2.34 bits per heavy atom. The number of carbonyl (C=O) groups excluding carboxylic acids is 3. The van der Waals surface area contributed by atoms with Gasteiger partial charge in [0.15, 0.2) is 0 Å². The summed E-state index contributed by atoms with van der Waals surface area (Å²) in [5, 5.41) is 0. The van der Waals surface area contributed by atoms with Gasteiger partial charge in [-0.2, -0.15) is 0 Å². The molecule has 5 nitrogen and oxygen atoms in total. The monoisotopic (exact) mass is 430 g/mol. The number of hydrogen-bond donors (Lipinski definition) is 0. The fourth-order valence-corrected chi connectivity index (χ4v) is 5.71. The summed E-state index contributed by atoms with van der Waals surface area (Å²) in [6, 6.07) is 17.9. The minimum atomic E-state index is -0.0227. The molecule has 1 heterocycles. The molecule has 5 rings (SSSR count). The summed E-state index contributed by atoms with van der Waals surface area (Å²) in [5.41, 5.74) is 2.70. The average Bonchev–Trinajstić information content (AvgIpc) is 3.53. The predicted molar refractivity (Wildman–Crippen MR) is 123 cm³/mol. The van der Waals surface area contributed by atoms with E-state index in [0.29, 0.717) is 12.0 Å². The Kier molecular flexibility index (Phi) is 5.58. The van der Waals surface area contributed by atoms with Crippen molar-refractivity contribution in [2.45, 2.75) is 70.0 Å². The zero-order valence-corrected chi connectivity index (χ0v) is 18.6. The zero-order chi connectivity index (χ0) is 22.2. The van der Waals surface area contributed by atoms with Crippen molar-refractivity contribution in [1.29, 1.82) is 0 Å². The summed E-state index contributed by atoms with van der Waals surface area (Å²) in [6.45, 7) is 1.55. The standard InChI is InChI=1S/C27H30N2O3/c1-18(30)14-17-25(31)28(20-15-16-20)26-21-10-5-6-12-23(21)29(24-13-7-11-22(24)26)27(32)19-8-3-2-4-9-19/h2-6,8-10,12,20,22,24,26H,7,11,13-17H2,1H3/t22-,24+,26+/m0/s1. The Balaban J connectivity index is 1.56. The van der Waals surface area contributed by atoms with E-state index in [1.807, 2.05) is 53.4 Å². The smallest absolute Gasteiger partial charge is 0.258 e. The first-order valence-corrected chi connectivity index (χ1v) is 11.8. The lowest BCUT2D eigenvalue weighted by Gasteiger charge is -2.48. The SMILES string of the molecule is CC(=O)CCC(=O)N(C1CC1)[C@@H]1c2ccccc2N(C(=O)c2ccccc2)[C@@H]2CCC[C@@H]21. The van der Waals surface area contributed by atoms with E-state index in [1.165, 1.54) is 0 Å². The van der Waals surface area contributed by atoms with Crippen LogP contribution in [0, 0.1) is 5.92 Å². The lowest BCUT2D eigenvalue weighted by molar-refractivity contribution is -0.137. The Morgan fingerprint density at radius 1 is 0.906 bits per heavy atom. The lowest BCUT2D eigenvalue weighted by Crippen LogP contribution is -2.52. The number of amides is 2. The predicted octanol–water partition coefficient (Wildman–Crippen LogP) is 4.92. The molecule has 1 aliphatic heterocycles. The van der Waals surface area contributed by atoms with E-state index in [9.17, 15) is 14.4 Å². The molecule has 0 N–H and O–H groups in total. The quantitative estimate of drug-likeness (QED) is 0.654. The Bertz CT molecular complexity index is 1030. The number of para-hydroxylation sites is 1. The van der Waals surface area contributed by atoms with Gasteiger partial charge in [0.2, 0.25) is 5.91 Å². The third-order valence-electron chi connectivity index (χ3n) is 7.24. The molecule has 0 unspecified atom stereocenters. The molecule has 5 heteroatoms. The van der Waals surface area contributed by atoms with Crippen molar-refractivity contribution >= 4 is 23.3 Å². The molecule has 0 spiro atoms. The van der Waals surface area contributed by atoms with Crippen LogP contribution in [-0.4, -0.2) is 34.6 Å². The van der Waals surface area contributed by atoms with Crippen LogP contribution in [-0.2, 0) is 9.59 Å². The highest BCUT2D eigenvalue weighted by molar-refractivity contribution is 6.07. The molecule has 2 aliphatic carbocycles. The number of benzene rings is 2. The molecule has 2 saturated carbocycles. The van der Waals surface area contributed by atoms with Gasteiger partial charge in [0.1, 0.15) is 5.78 Å². The normalized spacial score (nSPS) is 23.9. The Morgan fingerprint density at radius 2 is 1.62 bits per heavy atom. The minimum absolute atomic E-state index is 0.0227. The fraction of sp³-hybridized carbons (Fsp3) is 0.444. The Labute approximate surface area is 189 Å². The van der Waals surface area contributed by atoms with E-state index in [0.717, 1.165) is 43.4 Å². The van der Waals surface area contributed by atoms with Crippen LogP contribution < -0.4 is 4.90 Å². The van der Waals surface area contributed by atoms with Gasteiger partial charge in [0, 0.05) is 42.1 Å². The van der Waals surface area contributed by atoms with Crippen LogP contribution in [0.1, 0.15) is 73.8 Å². The zero-order valence-electron chi connectivity index (χ0n) is 18.6. The molecule has 3 atom stereocenters. The minimum Gasteiger partial charge on any atom is -0.332 e. The van der Waals surface area contributed by atoms with Crippen molar-refractivity contribution in [3.8, 4) is 0 Å². The third-order valence-corrected chi connectivity index (χ3v) is 7.24. The van der Waals surface area contributed by atoms with Crippen LogP contribution in [0.3, 0.4) is 0 Å². The molecule has 2 amide bonds. The lowest BCUT2D eigenvalue weighted by atomic mass is 9.81. The van der Waals surface area contributed by atoms with Crippen molar-refractivity contribution in [2.75, 3.05) is 4.90 Å². The van der Waals surface area contributed by atoms with Crippen LogP contribution >= 0.6 is 0 Å². The molecule has 2 fully saturated rings. The van der Waals surface area contributed by atoms with Gasteiger partial charge in [-0.25, -0.2) is 0 Å². The molecule has 0 saturated heterocycles. The van der Waals surface area contributed by atoms with Gasteiger partial charge in [-0.15, -0.1) is 0 Å². The summed E-state index contributed by atoms with van der Waals surface area (Å²) in [4.78, 5) is 42.7. The maximum atomic E-state index is 13.6. The highest BCUT2D eigenvalue weighted by Crippen LogP contribution is 2.52. The number of nitrogens with zero attached hydrogens (tertiary/aromatic N) is 2. The highest BCUT2D eigenvalue weighted by atomic mass is 16.2. The summed E-state index contributed by atoms with van der Waals surface area (Å²) in [7, 11) is 0. The topological polar surface area (TPSA) is 57.7 Å². The summed E-state index contributed by atoms with van der Waals surface area (Å²) in [6.07, 6.45) is 5.62. The number of ketones is 1. The van der Waals surface area contributed by atoms with Crippen molar-refractivity contribution < 1.29 is 14.4 Å². The second-order valence-electron chi connectivity index (χ2n) is 9.44. The largest absolute Gasteiger partial charge is 0.332 e. The van der Waals surface area contributed by atoms with Gasteiger partial charge in [0.05, 0.1) is 6.04 Å². The van der Waals surface area contributed by atoms with Crippen LogP contribution in [0.15, 0.2) is 54.6 Å². The van der Waals surface area contributed by atoms with Crippen molar-refractivity contribution in [2.24, 2.45) is 5.92 Å². The van der Waals surface area contributed by atoms with Crippen LogP contribution in [0.4, 0.5) is 5.69 Å². The average molecular weight is 431 g/mol. The first kappa shape index (κ1) is 20.9. The molecule has 0 radical (unpaired) electrons. The number of carbonyl (C=O) groups is 3. The van der Waals surface area contributed by atoms with Crippen molar-refractivity contribution in [3.05, 3.63) is 65.7 Å². The van der Waals surface area contributed by atoms with Gasteiger partial charge in [-0.05, 0) is 56.4 Å². The fourth-order valence-electron chi connectivity index (χ4n) is 5.71. The second-order valence-corrected chi connectivity index (χ2v) is 9.44. The maximum Gasteiger partial charge on any atom is 0.258 e. The van der Waals surface area contributed by atoms with Crippen LogP contribution in [0.25, 0.3) is 0 Å².